The van der Waals surface area contributed by atoms with E-state index < -0.39 is 28.5 Å². The van der Waals surface area contributed by atoms with Crippen LogP contribution in [0.25, 0.3) is 0 Å². The Morgan fingerprint density at radius 1 is 0.974 bits per heavy atom. The summed E-state index contributed by atoms with van der Waals surface area (Å²) in [5, 5.41) is 3.33. The standard InChI is InChI=1S/C29H33BrClN3O4S/c1-5-27(29(36)32-20(2)3)33(18-22-8-6-7-9-26(22)31)28(35)19-34(24-14-12-23(30)13-15-24)39(37,38)25-16-10-21(4)11-17-25/h6-17,20,27H,5,18-19H2,1-4H3,(H,32,36)/t27-/m1/s1. The molecule has 7 nitrogen and oxygen atoms in total. The van der Waals surface area contributed by atoms with Crippen LogP contribution in [0.4, 0.5) is 5.69 Å². The number of sulfonamides is 1. The minimum Gasteiger partial charge on any atom is -0.352 e. The minimum absolute atomic E-state index is 0.0429. The first-order valence-electron chi connectivity index (χ1n) is 12.6. The number of rotatable bonds is 11. The van der Waals surface area contributed by atoms with Crippen molar-refractivity contribution in [2.75, 3.05) is 10.8 Å². The van der Waals surface area contributed by atoms with E-state index in [0.29, 0.717) is 22.7 Å². The van der Waals surface area contributed by atoms with Crippen LogP contribution in [0.1, 0.15) is 38.3 Å². The van der Waals surface area contributed by atoms with E-state index in [1.54, 1.807) is 60.7 Å². The van der Waals surface area contributed by atoms with Gasteiger partial charge in [-0.2, -0.15) is 0 Å². The summed E-state index contributed by atoms with van der Waals surface area (Å²) in [7, 11) is -4.12. The minimum atomic E-state index is -4.12. The molecule has 0 radical (unpaired) electrons. The van der Waals surface area contributed by atoms with Crippen molar-refractivity contribution in [2.45, 2.75) is 57.6 Å². The predicted octanol–water partition coefficient (Wildman–Crippen LogP) is 5.94. The molecule has 3 rings (SSSR count). The number of nitrogens with zero attached hydrogens (tertiary/aromatic N) is 2. The lowest BCUT2D eigenvalue weighted by atomic mass is 10.1. The second-order valence-electron chi connectivity index (χ2n) is 9.50. The SMILES string of the molecule is CC[C@H](C(=O)NC(C)C)N(Cc1ccccc1Cl)C(=O)CN(c1ccc(Br)cc1)S(=O)(=O)c1ccc(C)cc1. The van der Waals surface area contributed by atoms with E-state index in [0.717, 1.165) is 14.3 Å². The van der Waals surface area contributed by atoms with Gasteiger partial charge >= 0.3 is 0 Å². The quantitative estimate of drug-likeness (QED) is 0.283. The molecule has 3 aromatic rings. The number of hydrogen-bond acceptors (Lipinski definition) is 4. The van der Waals surface area contributed by atoms with Gasteiger partial charge in [-0.25, -0.2) is 8.42 Å². The summed E-state index contributed by atoms with van der Waals surface area (Å²) in [5.74, 6) is -0.844. The number of nitrogens with one attached hydrogen (secondary N) is 1. The molecule has 1 atom stereocenters. The molecule has 1 N–H and O–H groups in total. The molecule has 0 heterocycles. The summed E-state index contributed by atoms with van der Waals surface area (Å²) in [6, 6.07) is 19.3. The fraction of sp³-hybridized carbons (Fsp3) is 0.310. The number of aryl methyl sites for hydroxylation is 1. The van der Waals surface area contributed by atoms with Crippen LogP contribution >= 0.6 is 27.5 Å². The van der Waals surface area contributed by atoms with Gasteiger partial charge < -0.3 is 10.2 Å². The molecular weight excluding hydrogens is 602 g/mol. The molecule has 0 saturated heterocycles. The lowest BCUT2D eigenvalue weighted by Crippen LogP contribution is -2.53. The first kappa shape index (κ1) is 30.7. The number of hydrogen-bond donors (Lipinski definition) is 1. The molecule has 0 fully saturated rings. The Morgan fingerprint density at radius 2 is 1.59 bits per heavy atom. The first-order valence-corrected chi connectivity index (χ1v) is 15.2. The highest BCUT2D eigenvalue weighted by Crippen LogP contribution is 2.27. The third-order valence-electron chi connectivity index (χ3n) is 6.12. The monoisotopic (exact) mass is 633 g/mol. The molecule has 0 unspecified atom stereocenters. The first-order chi connectivity index (χ1) is 18.4. The number of benzene rings is 3. The van der Waals surface area contributed by atoms with E-state index in [1.165, 1.54) is 17.0 Å². The van der Waals surface area contributed by atoms with Crippen molar-refractivity contribution in [3.8, 4) is 0 Å². The van der Waals surface area contributed by atoms with Gasteiger partial charge in [-0.1, -0.05) is 70.3 Å². The normalized spacial score (nSPS) is 12.2. The molecule has 10 heteroatoms. The van der Waals surface area contributed by atoms with Gasteiger partial charge in [0, 0.05) is 22.1 Å². The highest BCUT2D eigenvalue weighted by Gasteiger charge is 2.34. The van der Waals surface area contributed by atoms with E-state index >= 15 is 0 Å². The van der Waals surface area contributed by atoms with Gasteiger partial charge in [0.15, 0.2) is 0 Å². The Hall–Kier alpha value is -2.88. The number of carbonyl (C=O) groups is 2. The summed E-state index contributed by atoms with van der Waals surface area (Å²) < 4.78 is 29.6. The Bertz CT molecular complexity index is 1400. The maximum atomic E-state index is 14.0. The molecular formula is C29H33BrClN3O4S. The van der Waals surface area contributed by atoms with Crippen molar-refractivity contribution >= 4 is 55.1 Å². The van der Waals surface area contributed by atoms with Crippen molar-refractivity contribution in [1.29, 1.82) is 0 Å². The van der Waals surface area contributed by atoms with Crippen molar-refractivity contribution in [3.63, 3.8) is 0 Å². The van der Waals surface area contributed by atoms with Gasteiger partial charge in [0.1, 0.15) is 12.6 Å². The van der Waals surface area contributed by atoms with Gasteiger partial charge in [-0.15, -0.1) is 0 Å². The number of halogens is 2. The lowest BCUT2D eigenvalue weighted by molar-refractivity contribution is -0.140. The van der Waals surface area contributed by atoms with Gasteiger partial charge in [-0.3, -0.25) is 13.9 Å². The lowest BCUT2D eigenvalue weighted by Gasteiger charge is -2.33. The summed E-state index contributed by atoms with van der Waals surface area (Å²) in [6.07, 6.45) is 0.331. The summed E-state index contributed by atoms with van der Waals surface area (Å²) in [5.41, 5.74) is 1.89. The molecule has 0 saturated carbocycles. The van der Waals surface area contributed by atoms with Crippen LogP contribution in [-0.4, -0.2) is 43.8 Å². The zero-order chi connectivity index (χ0) is 28.7. The molecule has 0 spiro atoms. The van der Waals surface area contributed by atoms with E-state index in [9.17, 15) is 18.0 Å². The summed E-state index contributed by atoms with van der Waals surface area (Å²) >= 11 is 9.80. The predicted molar refractivity (Wildman–Crippen MR) is 159 cm³/mol. The Balaban J connectivity index is 2.07. The maximum absolute atomic E-state index is 14.0. The van der Waals surface area contributed by atoms with E-state index in [1.807, 2.05) is 27.7 Å². The largest absolute Gasteiger partial charge is 0.352 e. The molecule has 0 aliphatic heterocycles. The maximum Gasteiger partial charge on any atom is 0.264 e. The fourth-order valence-corrected chi connectivity index (χ4v) is 5.96. The zero-order valence-electron chi connectivity index (χ0n) is 22.4. The average Bonchev–Trinajstić information content (AvgIpc) is 2.88. The van der Waals surface area contributed by atoms with Gasteiger partial charge in [0.05, 0.1) is 10.6 Å². The van der Waals surface area contributed by atoms with Crippen LogP contribution in [0.15, 0.2) is 82.2 Å². The molecule has 0 aliphatic carbocycles. The number of amides is 2. The zero-order valence-corrected chi connectivity index (χ0v) is 25.6. The van der Waals surface area contributed by atoms with Crippen LogP contribution in [0.2, 0.25) is 5.02 Å². The van der Waals surface area contributed by atoms with Crippen LogP contribution in [0.3, 0.4) is 0 Å². The number of carbonyl (C=O) groups excluding carboxylic acids is 2. The molecule has 3 aromatic carbocycles. The molecule has 39 heavy (non-hydrogen) atoms. The van der Waals surface area contributed by atoms with Crippen molar-refractivity contribution in [1.82, 2.24) is 10.2 Å². The Labute approximate surface area is 244 Å². The van der Waals surface area contributed by atoms with Crippen LogP contribution in [-0.2, 0) is 26.2 Å². The fourth-order valence-electron chi connectivity index (χ4n) is 4.08. The third-order valence-corrected chi connectivity index (χ3v) is 8.80. The summed E-state index contributed by atoms with van der Waals surface area (Å²) in [6.45, 7) is 6.90. The average molecular weight is 635 g/mol. The van der Waals surface area contributed by atoms with Gasteiger partial charge in [0.25, 0.3) is 10.0 Å². The Kier molecular flexibility index (Phi) is 10.6. The van der Waals surface area contributed by atoms with Crippen LogP contribution < -0.4 is 9.62 Å². The van der Waals surface area contributed by atoms with Crippen molar-refractivity contribution in [2.24, 2.45) is 0 Å². The molecule has 0 bridgehead atoms. The van der Waals surface area contributed by atoms with Gasteiger partial charge in [0.2, 0.25) is 11.8 Å². The Morgan fingerprint density at radius 3 is 2.15 bits per heavy atom. The van der Waals surface area contributed by atoms with E-state index in [2.05, 4.69) is 21.2 Å². The molecule has 2 amide bonds. The van der Waals surface area contributed by atoms with Crippen molar-refractivity contribution in [3.05, 3.63) is 93.4 Å². The molecule has 0 aromatic heterocycles. The van der Waals surface area contributed by atoms with Crippen molar-refractivity contribution < 1.29 is 18.0 Å². The molecule has 0 aliphatic rings. The number of anilines is 1. The topological polar surface area (TPSA) is 86.8 Å². The van der Waals surface area contributed by atoms with E-state index in [4.69, 9.17) is 11.6 Å². The second-order valence-corrected chi connectivity index (χ2v) is 12.7. The van der Waals surface area contributed by atoms with Crippen LogP contribution in [0, 0.1) is 6.92 Å². The second kappa shape index (κ2) is 13.5. The highest BCUT2D eigenvalue weighted by atomic mass is 79.9. The third kappa shape index (κ3) is 7.84. The highest BCUT2D eigenvalue weighted by molar-refractivity contribution is 9.10. The summed E-state index contributed by atoms with van der Waals surface area (Å²) in [4.78, 5) is 28.7. The van der Waals surface area contributed by atoms with Crippen LogP contribution in [0.5, 0.6) is 0 Å². The van der Waals surface area contributed by atoms with E-state index in [-0.39, 0.29) is 23.4 Å². The smallest absolute Gasteiger partial charge is 0.264 e. The molecule has 208 valence electrons. The van der Waals surface area contributed by atoms with Gasteiger partial charge in [-0.05, 0) is 75.2 Å².